The van der Waals surface area contributed by atoms with Gasteiger partial charge in [0.25, 0.3) is 0 Å². The van der Waals surface area contributed by atoms with Crippen molar-refractivity contribution in [3.05, 3.63) is 29.8 Å². The number of anilines is 1. The number of rotatable bonds is 7. The van der Waals surface area contributed by atoms with Gasteiger partial charge < -0.3 is 5.32 Å². The number of benzene rings is 1. The highest BCUT2D eigenvalue weighted by Gasteiger charge is 2.33. The molecule has 0 saturated heterocycles. The van der Waals surface area contributed by atoms with Crippen LogP contribution in [0.25, 0.3) is 0 Å². The molecule has 1 amide bonds. The molecule has 0 bridgehead atoms. The van der Waals surface area contributed by atoms with Crippen molar-refractivity contribution in [2.24, 2.45) is 17.8 Å². The van der Waals surface area contributed by atoms with Gasteiger partial charge in [0.2, 0.25) is 5.91 Å². The topological polar surface area (TPSA) is 63.2 Å². The number of amides is 1. The largest absolute Gasteiger partial charge is 0.326 e. The number of nitrogens with one attached hydrogen (secondary N) is 1. The Hall–Kier alpha value is -1.36. The molecule has 0 aromatic heterocycles. The molecule has 1 N–H and O–H groups in total. The summed E-state index contributed by atoms with van der Waals surface area (Å²) in [6.07, 6.45) is 12.2. The molecule has 0 heterocycles. The van der Waals surface area contributed by atoms with Gasteiger partial charge in [0, 0.05) is 11.6 Å². The van der Waals surface area contributed by atoms with E-state index in [2.05, 4.69) is 17.4 Å². The molecular formula is C26H41NO3S. The Morgan fingerprint density at radius 1 is 0.903 bits per heavy atom. The first-order valence-electron chi connectivity index (χ1n) is 12.3. The minimum absolute atomic E-state index is 0.178. The third-order valence-corrected chi connectivity index (χ3v) is 10.2. The minimum atomic E-state index is -3.02. The lowest BCUT2D eigenvalue weighted by Crippen LogP contribution is -2.34. The summed E-state index contributed by atoms with van der Waals surface area (Å²) in [5, 5.41) is 3.09. The molecule has 0 aliphatic heterocycles. The molecule has 1 aromatic carbocycles. The average Bonchev–Trinajstić information content (AvgIpc) is 2.74. The van der Waals surface area contributed by atoms with E-state index >= 15 is 0 Å². The molecule has 5 heteroatoms. The summed E-state index contributed by atoms with van der Waals surface area (Å²) in [7, 11) is -3.02. The van der Waals surface area contributed by atoms with Crippen molar-refractivity contribution in [3.63, 3.8) is 0 Å². The summed E-state index contributed by atoms with van der Waals surface area (Å²) in [6.45, 7) is 5.42. The van der Waals surface area contributed by atoms with Crippen molar-refractivity contribution in [3.8, 4) is 0 Å². The number of carbonyl (C=O) groups excluding carboxylic acids is 1. The first-order valence-corrected chi connectivity index (χ1v) is 13.9. The van der Waals surface area contributed by atoms with Crippen LogP contribution in [0.5, 0.6) is 0 Å². The van der Waals surface area contributed by atoms with Crippen LogP contribution in [0.3, 0.4) is 0 Å². The van der Waals surface area contributed by atoms with Gasteiger partial charge in [-0.3, -0.25) is 4.79 Å². The SMILES string of the molecule is CC(C)(C)S(=O)(=O)CC1CCC(CCc2ccc(NC(=O)C3CCCCC3)cc2)CC1. The van der Waals surface area contributed by atoms with E-state index in [9.17, 15) is 13.2 Å². The molecule has 2 saturated carbocycles. The van der Waals surface area contributed by atoms with Crippen LogP contribution < -0.4 is 5.32 Å². The fraction of sp³-hybridized carbons (Fsp3) is 0.731. The molecule has 31 heavy (non-hydrogen) atoms. The maximum atomic E-state index is 12.5. The van der Waals surface area contributed by atoms with E-state index in [4.69, 9.17) is 0 Å². The smallest absolute Gasteiger partial charge is 0.227 e. The quantitative estimate of drug-likeness (QED) is 0.544. The van der Waals surface area contributed by atoms with Crippen LogP contribution in [0.15, 0.2) is 24.3 Å². The van der Waals surface area contributed by atoms with E-state index in [1.165, 1.54) is 24.8 Å². The highest BCUT2D eigenvalue weighted by molar-refractivity contribution is 7.92. The normalized spacial score (nSPS) is 23.5. The predicted molar refractivity (Wildman–Crippen MR) is 129 cm³/mol. The highest BCUT2D eigenvalue weighted by Crippen LogP contribution is 2.34. The van der Waals surface area contributed by atoms with Crippen molar-refractivity contribution in [1.29, 1.82) is 0 Å². The third kappa shape index (κ3) is 7.06. The van der Waals surface area contributed by atoms with Crippen molar-refractivity contribution >= 4 is 21.4 Å². The van der Waals surface area contributed by atoms with Gasteiger partial charge in [-0.15, -0.1) is 0 Å². The number of hydrogen-bond acceptors (Lipinski definition) is 3. The number of sulfone groups is 1. The summed E-state index contributed by atoms with van der Waals surface area (Å²) in [4.78, 5) is 12.4. The standard InChI is InChI=1S/C26H41NO3S/c1-26(2,3)31(29,30)19-22-13-11-20(12-14-22)9-10-21-15-17-24(18-16-21)27-25(28)23-7-5-4-6-8-23/h15-18,20,22-23H,4-14,19H2,1-3H3,(H,27,28). The third-order valence-electron chi connectivity index (χ3n) is 7.39. The Kier molecular flexibility index (Phi) is 8.23. The first kappa shape index (κ1) is 24.3. The van der Waals surface area contributed by atoms with E-state index in [-0.39, 0.29) is 11.8 Å². The van der Waals surface area contributed by atoms with E-state index < -0.39 is 14.6 Å². The molecule has 1 aromatic rings. The summed E-state index contributed by atoms with van der Waals surface area (Å²) >= 11 is 0. The van der Waals surface area contributed by atoms with E-state index in [0.29, 0.717) is 17.6 Å². The van der Waals surface area contributed by atoms with Gasteiger partial charge in [0.1, 0.15) is 0 Å². The number of carbonyl (C=O) groups is 1. The van der Waals surface area contributed by atoms with Crippen LogP contribution >= 0.6 is 0 Å². The van der Waals surface area contributed by atoms with Crippen LogP contribution in [-0.4, -0.2) is 24.8 Å². The van der Waals surface area contributed by atoms with Gasteiger partial charge in [-0.1, -0.05) is 44.2 Å². The second kappa shape index (κ2) is 10.5. The average molecular weight is 448 g/mol. The van der Waals surface area contributed by atoms with E-state index in [1.54, 1.807) is 20.8 Å². The second-order valence-corrected chi connectivity index (χ2v) is 13.6. The van der Waals surface area contributed by atoms with Crippen LogP contribution in [0.2, 0.25) is 0 Å². The molecule has 2 aliphatic rings. The van der Waals surface area contributed by atoms with Gasteiger partial charge in [0.15, 0.2) is 9.84 Å². The lowest BCUT2D eigenvalue weighted by molar-refractivity contribution is -0.120. The van der Waals surface area contributed by atoms with Gasteiger partial charge in [-0.2, -0.15) is 0 Å². The minimum Gasteiger partial charge on any atom is -0.326 e. The van der Waals surface area contributed by atoms with E-state index in [1.807, 2.05) is 12.1 Å². The molecule has 2 fully saturated rings. The molecule has 174 valence electrons. The van der Waals surface area contributed by atoms with Crippen LogP contribution in [0.1, 0.15) is 90.5 Å². The Balaban J connectivity index is 1.39. The Bertz CT molecular complexity index is 809. The molecule has 4 nitrogen and oxygen atoms in total. The molecule has 2 aliphatic carbocycles. The Morgan fingerprint density at radius 2 is 1.48 bits per heavy atom. The van der Waals surface area contributed by atoms with E-state index in [0.717, 1.165) is 57.1 Å². The predicted octanol–water partition coefficient (Wildman–Crippen LogP) is 6.16. The Labute approximate surface area is 189 Å². The van der Waals surface area contributed by atoms with Crippen molar-refractivity contribution in [1.82, 2.24) is 0 Å². The molecular weight excluding hydrogens is 406 g/mol. The zero-order valence-electron chi connectivity index (χ0n) is 19.7. The number of aryl methyl sites for hydroxylation is 1. The molecule has 3 rings (SSSR count). The van der Waals surface area contributed by atoms with Crippen molar-refractivity contribution in [2.45, 2.75) is 96.1 Å². The summed E-state index contributed by atoms with van der Waals surface area (Å²) in [5.74, 6) is 1.73. The highest BCUT2D eigenvalue weighted by atomic mass is 32.2. The Morgan fingerprint density at radius 3 is 2.06 bits per heavy atom. The van der Waals surface area contributed by atoms with Gasteiger partial charge in [0.05, 0.1) is 10.5 Å². The maximum absolute atomic E-state index is 12.5. The van der Waals surface area contributed by atoms with Gasteiger partial charge >= 0.3 is 0 Å². The molecule has 0 unspecified atom stereocenters. The van der Waals surface area contributed by atoms with Crippen LogP contribution in [0.4, 0.5) is 5.69 Å². The second-order valence-electron chi connectivity index (χ2n) is 10.8. The van der Waals surface area contributed by atoms with Crippen LogP contribution in [-0.2, 0) is 21.1 Å². The fourth-order valence-corrected chi connectivity index (χ4v) is 6.44. The van der Waals surface area contributed by atoms with Crippen LogP contribution in [0, 0.1) is 17.8 Å². The maximum Gasteiger partial charge on any atom is 0.227 e. The van der Waals surface area contributed by atoms with Gasteiger partial charge in [-0.25, -0.2) is 8.42 Å². The summed E-state index contributed by atoms with van der Waals surface area (Å²) in [6, 6.07) is 8.34. The fourth-order valence-electron chi connectivity index (χ4n) is 4.98. The lowest BCUT2D eigenvalue weighted by atomic mass is 9.80. The zero-order valence-corrected chi connectivity index (χ0v) is 20.5. The number of hydrogen-bond donors (Lipinski definition) is 1. The van der Waals surface area contributed by atoms with Gasteiger partial charge in [-0.05, 0) is 88.8 Å². The lowest BCUT2D eigenvalue weighted by Gasteiger charge is -2.30. The first-order chi connectivity index (χ1) is 14.6. The molecule has 0 atom stereocenters. The molecule has 0 radical (unpaired) electrons. The summed E-state index contributed by atoms with van der Waals surface area (Å²) < 4.78 is 24.3. The zero-order chi connectivity index (χ0) is 22.5. The molecule has 0 spiro atoms. The van der Waals surface area contributed by atoms with Crippen molar-refractivity contribution in [2.75, 3.05) is 11.1 Å². The monoisotopic (exact) mass is 447 g/mol. The van der Waals surface area contributed by atoms with Crippen molar-refractivity contribution < 1.29 is 13.2 Å². The summed E-state index contributed by atoms with van der Waals surface area (Å²) in [5.41, 5.74) is 2.22.